The molecule has 1 fully saturated rings. The largest absolute Gasteiger partial charge is 0.452 e. The molecule has 1 amide bonds. The van der Waals surface area contributed by atoms with E-state index >= 15 is 0 Å². The van der Waals surface area contributed by atoms with Crippen LogP contribution in [0.25, 0.3) is 6.08 Å². The second-order valence-electron chi connectivity index (χ2n) is 6.32. The van der Waals surface area contributed by atoms with Crippen LogP contribution in [0.4, 0.5) is 5.88 Å². The van der Waals surface area contributed by atoms with Crippen LogP contribution in [-0.4, -0.2) is 29.4 Å². The van der Waals surface area contributed by atoms with Gasteiger partial charge in [0.2, 0.25) is 0 Å². The average molecular weight is 350 g/mol. The first-order valence-corrected chi connectivity index (χ1v) is 8.25. The van der Waals surface area contributed by atoms with Gasteiger partial charge in [-0.2, -0.15) is 0 Å². The molecule has 1 saturated carbocycles. The number of nitrogens with zero attached hydrogens (tertiary/aromatic N) is 1. The molecule has 1 aromatic rings. The standard InChI is InChI=1S/C17H22N2O6/c1-11-4-3-5-14(12(11)2)18-15(20)10-24-17(21)9-7-13-6-8-16(25-13)19(22)23/h6-9,11-12,14H,3-5,10H2,1-2H3,(H,18,20)/b9-7+/t11-,12+,14-/m0/s1. The van der Waals surface area contributed by atoms with Gasteiger partial charge in [0, 0.05) is 12.1 Å². The Labute approximate surface area is 145 Å². The quantitative estimate of drug-likeness (QED) is 0.365. The molecule has 1 aromatic heterocycles. The Kier molecular flexibility index (Phi) is 6.32. The summed E-state index contributed by atoms with van der Waals surface area (Å²) in [4.78, 5) is 33.3. The van der Waals surface area contributed by atoms with E-state index in [0.29, 0.717) is 11.8 Å². The van der Waals surface area contributed by atoms with E-state index in [1.54, 1.807) is 0 Å². The number of hydrogen-bond acceptors (Lipinski definition) is 6. The maximum Gasteiger partial charge on any atom is 0.433 e. The Morgan fingerprint density at radius 1 is 1.40 bits per heavy atom. The molecule has 0 spiro atoms. The van der Waals surface area contributed by atoms with Crippen molar-refractivity contribution in [2.45, 2.75) is 39.2 Å². The lowest BCUT2D eigenvalue weighted by Crippen LogP contribution is -2.45. The molecule has 0 bridgehead atoms. The van der Waals surface area contributed by atoms with Crippen molar-refractivity contribution < 1.29 is 23.7 Å². The van der Waals surface area contributed by atoms with Crippen LogP contribution in [0.5, 0.6) is 0 Å². The predicted molar refractivity (Wildman–Crippen MR) is 89.5 cm³/mol. The minimum atomic E-state index is -0.723. The molecule has 1 heterocycles. The van der Waals surface area contributed by atoms with Crippen LogP contribution in [0.15, 0.2) is 22.6 Å². The van der Waals surface area contributed by atoms with Gasteiger partial charge in [-0.15, -0.1) is 0 Å². The first-order valence-electron chi connectivity index (χ1n) is 8.25. The van der Waals surface area contributed by atoms with Crippen molar-refractivity contribution in [3.05, 3.63) is 34.1 Å². The van der Waals surface area contributed by atoms with Gasteiger partial charge in [-0.05, 0) is 30.4 Å². The van der Waals surface area contributed by atoms with Gasteiger partial charge in [-0.1, -0.05) is 26.7 Å². The van der Waals surface area contributed by atoms with Crippen molar-refractivity contribution in [2.24, 2.45) is 11.8 Å². The van der Waals surface area contributed by atoms with E-state index in [4.69, 9.17) is 9.15 Å². The number of ether oxygens (including phenoxy) is 1. The summed E-state index contributed by atoms with van der Waals surface area (Å²) in [6.07, 6.45) is 5.48. The Morgan fingerprint density at radius 2 is 2.16 bits per heavy atom. The zero-order valence-electron chi connectivity index (χ0n) is 14.3. The van der Waals surface area contributed by atoms with Gasteiger partial charge in [-0.25, -0.2) is 4.79 Å². The third kappa shape index (κ3) is 5.44. The van der Waals surface area contributed by atoms with Crippen LogP contribution in [0.3, 0.4) is 0 Å². The topological polar surface area (TPSA) is 112 Å². The molecular weight excluding hydrogens is 328 g/mol. The number of hydrogen-bond donors (Lipinski definition) is 1. The van der Waals surface area contributed by atoms with Crippen molar-refractivity contribution in [3.8, 4) is 0 Å². The van der Waals surface area contributed by atoms with Crippen molar-refractivity contribution in [1.29, 1.82) is 0 Å². The second-order valence-corrected chi connectivity index (χ2v) is 6.32. The van der Waals surface area contributed by atoms with E-state index in [0.717, 1.165) is 25.3 Å². The lowest BCUT2D eigenvalue weighted by atomic mass is 9.78. The van der Waals surface area contributed by atoms with Gasteiger partial charge in [-0.3, -0.25) is 14.9 Å². The molecule has 1 aliphatic rings. The first-order chi connectivity index (χ1) is 11.9. The van der Waals surface area contributed by atoms with E-state index in [1.165, 1.54) is 18.2 Å². The highest BCUT2D eigenvalue weighted by atomic mass is 16.6. The summed E-state index contributed by atoms with van der Waals surface area (Å²) in [7, 11) is 0. The van der Waals surface area contributed by atoms with Gasteiger partial charge in [0.05, 0.1) is 6.07 Å². The summed E-state index contributed by atoms with van der Waals surface area (Å²) >= 11 is 0. The summed E-state index contributed by atoms with van der Waals surface area (Å²) in [6.45, 7) is 3.93. The van der Waals surface area contributed by atoms with Gasteiger partial charge in [0.25, 0.3) is 5.91 Å². The van der Waals surface area contributed by atoms with Crippen LogP contribution in [0.1, 0.15) is 38.9 Å². The average Bonchev–Trinajstić information content (AvgIpc) is 3.04. The molecule has 3 atom stereocenters. The minimum absolute atomic E-state index is 0.106. The Bertz CT molecular complexity index is 666. The van der Waals surface area contributed by atoms with E-state index in [2.05, 4.69) is 19.2 Å². The zero-order chi connectivity index (χ0) is 18.4. The fourth-order valence-electron chi connectivity index (χ4n) is 2.90. The van der Waals surface area contributed by atoms with Crippen molar-refractivity contribution in [3.63, 3.8) is 0 Å². The number of amides is 1. The van der Waals surface area contributed by atoms with Crippen LogP contribution in [0, 0.1) is 22.0 Å². The lowest BCUT2D eigenvalue weighted by molar-refractivity contribution is -0.402. The molecule has 1 N–H and O–H groups in total. The summed E-state index contributed by atoms with van der Waals surface area (Å²) in [5.41, 5.74) is 0. The number of rotatable bonds is 6. The summed E-state index contributed by atoms with van der Waals surface area (Å²) in [5.74, 6) is -0.369. The van der Waals surface area contributed by atoms with E-state index < -0.39 is 16.8 Å². The highest BCUT2D eigenvalue weighted by Gasteiger charge is 2.28. The normalized spacial score (nSPS) is 23.4. The van der Waals surface area contributed by atoms with Crippen molar-refractivity contribution in [1.82, 2.24) is 5.32 Å². The van der Waals surface area contributed by atoms with Crippen molar-refractivity contribution in [2.75, 3.05) is 6.61 Å². The third-order valence-electron chi connectivity index (χ3n) is 4.57. The van der Waals surface area contributed by atoms with Crippen LogP contribution in [0.2, 0.25) is 0 Å². The highest BCUT2D eigenvalue weighted by molar-refractivity contribution is 5.89. The molecule has 0 aromatic carbocycles. The fraction of sp³-hybridized carbons (Fsp3) is 0.529. The van der Waals surface area contributed by atoms with E-state index in [9.17, 15) is 19.7 Å². The zero-order valence-corrected chi connectivity index (χ0v) is 14.3. The molecule has 0 aliphatic heterocycles. The summed E-state index contributed by atoms with van der Waals surface area (Å²) < 4.78 is 9.74. The fourth-order valence-corrected chi connectivity index (χ4v) is 2.90. The third-order valence-corrected chi connectivity index (χ3v) is 4.57. The molecular formula is C17H22N2O6. The van der Waals surface area contributed by atoms with Crippen LogP contribution in [-0.2, 0) is 14.3 Å². The SMILES string of the molecule is C[C@H]1[C@@H](NC(=O)COC(=O)/C=C/c2ccc([N+](=O)[O-])o2)CCC[C@@H]1C. The van der Waals surface area contributed by atoms with Crippen LogP contribution < -0.4 is 5.32 Å². The van der Waals surface area contributed by atoms with E-state index in [1.807, 2.05) is 0 Å². The Morgan fingerprint density at radius 3 is 2.84 bits per heavy atom. The van der Waals surface area contributed by atoms with Gasteiger partial charge in [0.15, 0.2) is 6.61 Å². The molecule has 2 rings (SSSR count). The Balaban J connectivity index is 1.76. The number of esters is 1. The Hall–Kier alpha value is -2.64. The molecule has 136 valence electrons. The van der Waals surface area contributed by atoms with Crippen LogP contribution >= 0.6 is 0 Å². The maximum atomic E-state index is 11.9. The lowest BCUT2D eigenvalue weighted by Gasteiger charge is -2.34. The second kappa shape index (κ2) is 8.46. The number of furan rings is 1. The molecule has 0 saturated heterocycles. The number of nitro groups is 1. The summed E-state index contributed by atoms with van der Waals surface area (Å²) in [5, 5.41) is 13.4. The van der Waals surface area contributed by atoms with E-state index in [-0.39, 0.29) is 24.3 Å². The van der Waals surface area contributed by atoms with Crippen molar-refractivity contribution >= 4 is 23.8 Å². The monoisotopic (exact) mass is 350 g/mol. The molecule has 0 unspecified atom stereocenters. The highest BCUT2D eigenvalue weighted by Crippen LogP contribution is 2.29. The summed E-state index contributed by atoms with van der Waals surface area (Å²) in [6, 6.07) is 2.65. The van der Waals surface area contributed by atoms with Gasteiger partial charge >= 0.3 is 11.9 Å². The minimum Gasteiger partial charge on any atom is -0.452 e. The number of carbonyl (C=O) groups is 2. The van der Waals surface area contributed by atoms with Gasteiger partial charge < -0.3 is 14.5 Å². The smallest absolute Gasteiger partial charge is 0.433 e. The van der Waals surface area contributed by atoms with Gasteiger partial charge in [0.1, 0.15) is 10.7 Å². The molecule has 8 nitrogen and oxygen atoms in total. The molecule has 0 radical (unpaired) electrons. The maximum absolute atomic E-state index is 11.9. The molecule has 8 heteroatoms. The number of nitrogens with one attached hydrogen (secondary N) is 1. The first kappa shape index (κ1) is 18.7. The molecule has 25 heavy (non-hydrogen) atoms. The predicted octanol–water partition coefficient (Wildman–Crippen LogP) is 2.69. The molecule has 1 aliphatic carbocycles. The number of carbonyl (C=O) groups excluding carboxylic acids is 2.